The molecule has 5 nitrogen and oxygen atoms in total. The van der Waals surface area contributed by atoms with Gasteiger partial charge in [-0.15, -0.1) is 0 Å². The van der Waals surface area contributed by atoms with Crippen LogP contribution in [0.15, 0.2) is 0 Å². The second-order valence-corrected chi connectivity index (χ2v) is 5.23. The summed E-state index contributed by atoms with van der Waals surface area (Å²) in [6, 6.07) is 0. The van der Waals surface area contributed by atoms with Crippen molar-refractivity contribution in [2.75, 3.05) is 18.4 Å². The van der Waals surface area contributed by atoms with E-state index in [1.807, 2.05) is 13.8 Å². The number of hydrogen-bond donors (Lipinski definition) is 3. The molecule has 0 radical (unpaired) electrons. The minimum atomic E-state index is -0.256. The highest BCUT2D eigenvalue weighted by Gasteiger charge is 2.40. The SMILES string of the molecule is CCCC1(C(=O)Nc2n[nH]c(C)c2C)CCNC1. The van der Waals surface area contributed by atoms with E-state index in [-0.39, 0.29) is 11.3 Å². The average molecular weight is 250 g/mol. The highest BCUT2D eigenvalue weighted by molar-refractivity contribution is 5.95. The number of aryl methyl sites for hydroxylation is 1. The van der Waals surface area contributed by atoms with Crippen LogP contribution < -0.4 is 10.6 Å². The van der Waals surface area contributed by atoms with Crippen molar-refractivity contribution in [1.29, 1.82) is 0 Å². The maximum Gasteiger partial charge on any atom is 0.233 e. The Morgan fingerprint density at radius 2 is 2.28 bits per heavy atom. The van der Waals surface area contributed by atoms with Crippen molar-refractivity contribution in [1.82, 2.24) is 15.5 Å². The Morgan fingerprint density at radius 3 is 2.78 bits per heavy atom. The lowest BCUT2D eigenvalue weighted by atomic mass is 9.81. The standard InChI is InChI=1S/C13H22N4O/c1-4-5-13(6-7-14-8-13)12(18)15-11-9(2)10(3)16-17-11/h14H,4-8H2,1-3H3,(H2,15,16,17,18). The van der Waals surface area contributed by atoms with Crippen LogP contribution in [0.1, 0.15) is 37.4 Å². The summed E-state index contributed by atoms with van der Waals surface area (Å²) in [6.45, 7) is 7.74. The summed E-state index contributed by atoms with van der Waals surface area (Å²) in [5, 5.41) is 13.3. The first-order valence-corrected chi connectivity index (χ1v) is 6.63. The van der Waals surface area contributed by atoms with Crippen LogP contribution in [-0.2, 0) is 4.79 Å². The largest absolute Gasteiger partial charge is 0.316 e. The minimum Gasteiger partial charge on any atom is -0.316 e. The maximum absolute atomic E-state index is 12.5. The van der Waals surface area contributed by atoms with Gasteiger partial charge in [0.2, 0.25) is 5.91 Å². The van der Waals surface area contributed by atoms with Gasteiger partial charge in [-0.1, -0.05) is 13.3 Å². The number of anilines is 1. The molecule has 1 atom stereocenters. The topological polar surface area (TPSA) is 69.8 Å². The molecule has 3 N–H and O–H groups in total. The van der Waals surface area contributed by atoms with E-state index in [0.29, 0.717) is 5.82 Å². The zero-order chi connectivity index (χ0) is 13.2. The molecule has 0 aliphatic carbocycles. The fraction of sp³-hybridized carbons (Fsp3) is 0.692. The first-order chi connectivity index (χ1) is 8.59. The van der Waals surface area contributed by atoms with Crippen molar-refractivity contribution in [3.05, 3.63) is 11.3 Å². The monoisotopic (exact) mass is 250 g/mol. The third-order valence-electron chi connectivity index (χ3n) is 3.94. The number of aromatic nitrogens is 2. The van der Waals surface area contributed by atoms with Gasteiger partial charge in [-0.3, -0.25) is 9.89 Å². The zero-order valence-electron chi connectivity index (χ0n) is 11.4. The van der Waals surface area contributed by atoms with Gasteiger partial charge in [0, 0.05) is 17.8 Å². The Balaban J connectivity index is 2.13. The molecule has 0 aromatic carbocycles. The molecule has 1 aliphatic rings. The summed E-state index contributed by atoms with van der Waals surface area (Å²) in [4.78, 5) is 12.5. The Morgan fingerprint density at radius 1 is 1.50 bits per heavy atom. The molecule has 18 heavy (non-hydrogen) atoms. The van der Waals surface area contributed by atoms with Gasteiger partial charge in [-0.2, -0.15) is 5.10 Å². The quantitative estimate of drug-likeness (QED) is 0.762. The fourth-order valence-electron chi connectivity index (χ4n) is 2.59. The number of amides is 1. The van der Waals surface area contributed by atoms with Gasteiger partial charge in [0.15, 0.2) is 5.82 Å². The minimum absolute atomic E-state index is 0.101. The van der Waals surface area contributed by atoms with Crippen molar-refractivity contribution in [2.45, 2.75) is 40.0 Å². The molecule has 0 spiro atoms. The summed E-state index contributed by atoms with van der Waals surface area (Å²) in [5.74, 6) is 0.767. The molecule has 1 unspecified atom stereocenters. The van der Waals surface area contributed by atoms with Crippen molar-refractivity contribution in [3.63, 3.8) is 0 Å². The Kier molecular flexibility index (Phi) is 3.71. The van der Waals surface area contributed by atoms with E-state index in [2.05, 4.69) is 27.8 Å². The molecule has 1 fully saturated rings. The molecule has 1 saturated heterocycles. The number of nitrogens with zero attached hydrogens (tertiary/aromatic N) is 1. The van der Waals surface area contributed by atoms with Crippen LogP contribution in [0.4, 0.5) is 5.82 Å². The first kappa shape index (κ1) is 13.1. The number of nitrogens with one attached hydrogen (secondary N) is 3. The highest BCUT2D eigenvalue weighted by atomic mass is 16.2. The zero-order valence-corrected chi connectivity index (χ0v) is 11.4. The smallest absolute Gasteiger partial charge is 0.233 e. The molecule has 2 heterocycles. The molecule has 0 saturated carbocycles. The second-order valence-electron chi connectivity index (χ2n) is 5.23. The van der Waals surface area contributed by atoms with E-state index in [0.717, 1.165) is 43.6 Å². The Bertz CT molecular complexity index is 432. The predicted molar refractivity (Wildman–Crippen MR) is 71.5 cm³/mol. The van der Waals surface area contributed by atoms with E-state index in [4.69, 9.17) is 0 Å². The summed E-state index contributed by atoms with van der Waals surface area (Å²) in [5.41, 5.74) is 1.76. The first-order valence-electron chi connectivity index (χ1n) is 6.63. The lowest BCUT2D eigenvalue weighted by Gasteiger charge is -2.26. The molecule has 1 aromatic heterocycles. The fourth-order valence-corrected chi connectivity index (χ4v) is 2.59. The predicted octanol–water partition coefficient (Wildman–Crippen LogP) is 1.74. The van der Waals surface area contributed by atoms with Crippen LogP contribution >= 0.6 is 0 Å². The van der Waals surface area contributed by atoms with E-state index in [9.17, 15) is 4.79 Å². The molecule has 2 rings (SSSR count). The number of rotatable bonds is 4. The molecule has 1 aliphatic heterocycles. The van der Waals surface area contributed by atoms with Gasteiger partial charge in [-0.05, 0) is 33.2 Å². The number of H-pyrrole nitrogens is 1. The number of aromatic amines is 1. The van der Waals surface area contributed by atoms with E-state index in [1.54, 1.807) is 0 Å². The Labute approximate surface area is 108 Å². The summed E-state index contributed by atoms with van der Waals surface area (Å²) >= 11 is 0. The lowest BCUT2D eigenvalue weighted by Crippen LogP contribution is -2.38. The summed E-state index contributed by atoms with van der Waals surface area (Å²) in [6.07, 6.45) is 2.86. The van der Waals surface area contributed by atoms with E-state index in [1.165, 1.54) is 0 Å². The van der Waals surface area contributed by atoms with Gasteiger partial charge in [-0.25, -0.2) is 0 Å². The highest BCUT2D eigenvalue weighted by Crippen LogP contribution is 2.32. The van der Waals surface area contributed by atoms with E-state index >= 15 is 0 Å². The molecule has 100 valence electrons. The molecule has 5 heteroatoms. The number of hydrogen-bond acceptors (Lipinski definition) is 3. The van der Waals surface area contributed by atoms with Gasteiger partial charge in [0.25, 0.3) is 0 Å². The van der Waals surface area contributed by atoms with Crippen LogP contribution in [0.25, 0.3) is 0 Å². The van der Waals surface area contributed by atoms with Crippen molar-refractivity contribution in [2.24, 2.45) is 5.41 Å². The normalized spacial score (nSPS) is 23.3. The second kappa shape index (κ2) is 5.10. The van der Waals surface area contributed by atoms with Crippen LogP contribution in [-0.4, -0.2) is 29.2 Å². The van der Waals surface area contributed by atoms with Gasteiger partial charge < -0.3 is 10.6 Å². The molecule has 0 bridgehead atoms. The molecular weight excluding hydrogens is 228 g/mol. The van der Waals surface area contributed by atoms with Crippen molar-refractivity contribution < 1.29 is 4.79 Å². The summed E-state index contributed by atoms with van der Waals surface area (Å²) < 4.78 is 0. The van der Waals surface area contributed by atoms with Crippen molar-refractivity contribution >= 4 is 11.7 Å². The van der Waals surface area contributed by atoms with Crippen LogP contribution in [0.3, 0.4) is 0 Å². The van der Waals surface area contributed by atoms with Crippen LogP contribution in [0, 0.1) is 19.3 Å². The van der Waals surface area contributed by atoms with Crippen molar-refractivity contribution in [3.8, 4) is 0 Å². The third kappa shape index (κ3) is 2.27. The molecular formula is C13H22N4O. The van der Waals surface area contributed by atoms with Gasteiger partial charge >= 0.3 is 0 Å². The molecule has 1 amide bonds. The van der Waals surface area contributed by atoms with Gasteiger partial charge in [0.05, 0.1) is 5.41 Å². The number of carbonyl (C=O) groups is 1. The number of carbonyl (C=O) groups excluding carboxylic acids is 1. The third-order valence-corrected chi connectivity index (χ3v) is 3.94. The maximum atomic E-state index is 12.5. The lowest BCUT2D eigenvalue weighted by molar-refractivity contribution is -0.125. The average Bonchev–Trinajstić information content (AvgIpc) is 2.93. The van der Waals surface area contributed by atoms with Crippen LogP contribution in [0.5, 0.6) is 0 Å². The summed E-state index contributed by atoms with van der Waals surface area (Å²) in [7, 11) is 0. The van der Waals surface area contributed by atoms with Gasteiger partial charge in [0.1, 0.15) is 0 Å². The molecule has 1 aromatic rings. The Hall–Kier alpha value is -1.36. The van der Waals surface area contributed by atoms with E-state index < -0.39 is 0 Å². The van der Waals surface area contributed by atoms with Crippen LogP contribution in [0.2, 0.25) is 0 Å².